The van der Waals surface area contributed by atoms with E-state index >= 15 is 0 Å². The minimum absolute atomic E-state index is 0.648. The Hall–Kier alpha value is -0.150. The van der Waals surface area contributed by atoms with Crippen LogP contribution in [0.1, 0.15) is 23.7 Å². The van der Waals surface area contributed by atoms with Crippen LogP contribution < -0.4 is 0 Å². The summed E-state index contributed by atoms with van der Waals surface area (Å²) in [6.45, 7) is 7.23. The largest absolute Gasteiger partial charge is 0.337 e. The van der Waals surface area contributed by atoms with Crippen LogP contribution in [0.15, 0.2) is 6.20 Å². The van der Waals surface area contributed by atoms with Crippen LogP contribution in [0, 0.1) is 6.92 Å². The van der Waals surface area contributed by atoms with E-state index in [0.717, 1.165) is 11.2 Å². The van der Waals surface area contributed by atoms with Gasteiger partial charge in [0.25, 0.3) is 0 Å². The third kappa shape index (κ3) is 4.07. The molecule has 0 saturated carbocycles. The number of hydrogen-bond acceptors (Lipinski definition) is 4. The molecule has 0 atom stereocenters. The van der Waals surface area contributed by atoms with Crippen molar-refractivity contribution in [3.8, 4) is 0 Å². The first-order valence-electron chi connectivity index (χ1n) is 5.02. The van der Waals surface area contributed by atoms with E-state index < -0.39 is 7.34 Å². The Morgan fingerprint density at radius 2 is 2.00 bits per heavy atom. The molecule has 5 heteroatoms. The van der Waals surface area contributed by atoms with Crippen LogP contribution in [0.2, 0.25) is 0 Å². The van der Waals surface area contributed by atoms with E-state index in [1.165, 1.54) is 4.88 Å². The minimum atomic E-state index is -1.96. The van der Waals surface area contributed by atoms with Gasteiger partial charge in [-0.25, -0.2) is 4.98 Å². The molecule has 0 unspecified atom stereocenters. The predicted molar refractivity (Wildman–Crippen MR) is 67.8 cm³/mol. The van der Waals surface area contributed by atoms with E-state index in [4.69, 9.17) is 9.05 Å². The summed E-state index contributed by atoms with van der Waals surface area (Å²) in [6, 6.07) is 0. The second kappa shape index (κ2) is 5.80. The Morgan fingerprint density at radius 1 is 1.40 bits per heavy atom. The van der Waals surface area contributed by atoms with Gasteiger partial charge in [0, 0.05) is 17.2 Å². The third-order valence-electron chi connectivity index (χ3n) is 1.79. The normalized spacial score (nSPS) is 11.9. The molecular formula is C10H18NO2PS. The SMILES string of the molecule is C=P(Cc1cnc(C)s1)(OCC)OCC. The van der Waals surface area contributed by atoms with Crippen molar-refractivity contribution in [2.45, 2.75) is 26.9 Å². The lowest BCUT2D eigenvalue weighted by atomic mass is 10.6. The summed E-state index contributed by atoms with van der Waals surface area (Å²) < 4.78 is 11.3. The van der Waals surface area contributed by atoms with E-state index in [9.17, 15) is 0 Å². The molecule has 0 amide bonds. The van der Waals surface area contributed by atoms with Gasteiger partial charge >= 0.3 is 0 Å². The first-order chi connectivity index (χ1) is 7.09. The quantitative estimate of drug-likeness (QED) is 0.723. The van der Waals surface area contributed by atoms with Crippen molar-refractivity contribution in [1.82, 2.24) is 4.98 Å². The van der Waals surface area contributed by atoms with Crippen LogP contribution in [-0.2, 0) is 15.2 Å². The van der Waals surface area contributed by atoms with E-state index in [-0.39, 0.29) is 0 Å². The van der Waals surface area contributed by atoms with E-state index in [2.05, 4.69) is 11.3 Å². The van der Waals surface area contributed by atoms with Gasteiger partial charge in [0.15, 0.2) is 0 Å². The molecule has 0 aromatic carbocycles. The lowest BCUT2D eigenvalue weighted by Gasteiger charge is -2.22. The maximum Gasteiger partial charge on any atom is 0.122 e. The predicted octanol–water partition coefficient (Wildman–Crippen LogP) is 3.30. The molecular weight excluding hydrogens is 229 g/mol. The first-order valence-corrected chi connectivity index (χ1v) is 7.83. The van der Waals surface area contributed by atoms with Gasteiger partial charge < -0.3 is 9.05 Å². The highest BCUT2D eigenvalue weighted by Crippen LogP contribution is 2.51. The Bertz CT molecular complexity index is 341. The molecule has 86 valence electrons. The average molecular weight is 247 g/mol. The first kappa shape index (κ1) is 12.9. The second-order valence-corrected chi connectivity index (χ2v) is 6.93. The Morgan fingerprint density at radius 3 is 2.40 bits per heavy atom. The van der Waals surface area contributed by atoms with Gasteiger partial charge in [0.2, 0.25) is 0 Å². The van der Waals surface area contributed by atoms with Crippen molar-refractivity contribution < 1.29 is 9.05 Å². The molecule has 0 saturated heterocycles. The van der Waals surface area contributed by atoms with E-state index in [1.807, 2.05) is 27.0 Å². The third-order valence-corrected chi connectivity index (χ3v) is 5.20. The highest BCUT2D eigenvalue weighted by Gasteiger charge is 2.16. The number of aryl methyl sites for hydroxylation is 1. The highest BCUT2D eigenvalue weighted by molar-refractivity contribution is 7.63. The van der Waals surface area contributed by atoms with E-state index in [1.54, 1.807) is 11.3 Å². The summed E-state index contributed by atoms with van der Waals surface area (Å²) in [5.41, 5.74) is 0. The number of nitrogens with zero attached hydrogens (tertiary/aromatic N) is 1. The molecule has 3 nitrogen and oxygen atoms in total. The van der Waals surface area contributed by atoms with Crippen molar-refractivity contribution in [2.75, 3.05) is 13.2 Å². The molecule has 1 aromatic rings. The van der Waals surface area contributed by atoms with Gasteiger partial charge in [-0.15, -0.1) is 11.3 Å². The summed E-state index contributed by atoms with van der Waals surface area (Å²) in [7, 11) is -1.96. The number of hydrogen-bond donors (Lipinski definition) is 0. The summed E-state index contributed by atoms with van der Waals surface area (Å²) in [5, 5.41) is 1.07. The Labute approximate surface area is 95.6 Å². The smallest absolute Gasteiger partial charge is 0.122 e. The molecule has 0 radical (unpaired) electrons. The summed E-state index contributed by atoms with van der Waals surface area (Å²) in [5.74, 6) is 0. The molecule has 1 heterocycles. The summed E-state index contributed by atoms with van der Waals surface area (Å²) in [4.78, 5) is 5.41. The molecule has 0 spiro atoms. The second-order valence-electron chi connectivity index (χ2n) is 3.15. The van der Waals surface area contributed by atoms with Crippen LogP contribution in [0.4, 0.5) is 0 Å². The monoisotopic (exact) mass is 247 g/mol. The zero-order valence-corrected chi connectivity index (χ0v) is 11.2. The van der Waals surface area contributed by atoms with E-state index in [0.29, 0.717) is 13.2 Å². The van der Waals surface area contributed by atoms with Gasteiger partial charge in [-0.05, 0) is 20.8 Å². The van der Waals surface area contributed by atoms with Gasteiger partial charge in [-0.3, -0.25) is 0 Å². The fraction of sp³-hybridized carbons (Fsp3) is 0.600. The Balaban J connectivity index is 2.70. The molecule has 0 N–H and O–H groups in total. The Kier molecular flexibility index (Phi) is 5.00. The number of aromatic nitrogens is 1. The zero-order chi connectivity index (χ0) is 11.3. The summed E-state index contributed by atoms with van der Waals surface area (Å²) in [6.07, 6.45) is 6.75. The molecule has 1 aromatic heterocycles. The number of rotatable bonds is 6. The van der Waals surface area contributed by atoms with Crippen molar-refractivity contribution >= 4 is 25.0 Å². The zero-order valence-electron chi connectivity index (χ0n) is 9.52. The van der Waals surface area contributed by atoms with Crippen LogP contribution >= 0.6 is 18.7 Å². The van der Waals surface area contributed by atoms with Gasteiger partial charge in [-0.1, -0.05) is 6.30 Å². The van der Waals surface area contributed by atoms with Crippen molar-refractivity contribution in [3.63, 3.8) is 0 Å². The molecule has 15 heavy (non-hydrogen) atoms. The van der Waals surface area contributed by atoms with Crippen LogP contribution in [0.3, 0.4) is 0 Å². The fourth-order valence-electron chi connectivity index (χ4n) is 1.31. The maximum atomic E-state index is 5.64. The lowest BCUT2D eigenvalue weighted by Crippen LogP contribution is -1.98. The molecule has 0 aliphatic heterocycles. The molecule has 0 bridgehead atoms. The van der Waals surface area contributed by atoms with Gasteiger partial charge in [0.1, 0.15) is 7.34 Å². The lowest BCUT2D eigenvalue weighted by molar-refractivity contribution is 0.264. The fourth-order valence-corrected chi connectivity index (χ4v) is 4.51. The molecule has 0 aliphatic carbocycles. The molecule has 0 aliphatic rings. The van der Waals surface area contributed by atoms with Crippen molar-refractivity contribution in [3.05, 3.63) is 16.1 Å². The average Bonchev–Trinajstić information content (AvgIpc) is 2.51. The standard InChI is InChI=1S/C10H18NO2PS/c1-5-12-14(4,13-6-2)8-10-7-11-9(3)15-10/h7H,4-6,8H2,1-3H3. The van der Waals surface area contributed by atoms with Crippen LogP contribution in [0.5, 0.6) is 0 Å². The summed E-state index contributed by atoms with van der Waals surface area (Å²) >= 11 is 1.68. The topological polar surface area (TPSA) is 31.4 Å². The maximum absolute atomic E-state index is 5.64. The van der Waals surface area contributed by atoms with Crippen LogP contribution in [0.25, 0.3) is 0 Å². The number of thiazole rings is 1. The molecule has 1 rings (SSSR count). The highest BCUT2D eigenvalue weighted by atomic mass is 32.1. The minimum Gasteiger partial charge on any atom is -0.337 e. The molecule has 0 fully saturated rings. The van der Waals surface area contributed by atoms with Gasteiger partial charge in [-0.2, -0.15) is 0 Å². The van der Waals surface area contributed by atoms with Crippen molar-refractivity contribution in [1.29, 1.82) is 0 Å². The van der Waals surface area contributed by atoms with Crippen molar-refractivity contribution in [2.24, 2.45) is 0 Å². The van der Waals surface area contributed by atoms with Crippen LogP contribution in [-0.4, -0.2) is 24.5 Å². The van der Waals surface area contributed by atoms with Gasteiger partial charge in [0.05, 0.1) is 18.2 Å².